The number of aliphatic hydroxyl groups is 1. The molecule has 0 unspecified atom stereocenters. The number of aryl methyl sites for hydroxylation is 1. The summed E-state index contributed by atoms with van der Waals surface area (Å²) in [7, 11) is 1.53. The predicted molar refractivity (Wildman–Crippen MR) is 105 cm³/mol. The van der Waals surface area contributed by atoms with E-state index in [9.17, 15) is 5.11 Å². The Balaban J connectivity index is 1.81. The van der Waals surface area contributed by atoms with Crippen molar-refractivity contribution in [1.82, 2.24) is 4.90 Å². The monoisotopic (exact) mass is 354 g/mol. The molecule has 0 radical (unpaired) electrons. The lowest BCUT2D eigenvalue weighted by molar-refractivity contribution is 0.210. The van der Waals surface area contributed by atoms with Gasteiger partial charge in [0.15, 0.2) is 0 Å². The molecule has 2 aromatic carbocycles. The van der Waals surface area contributed by atoms with Crippen LogP contribution >= 0.6 is 12.2 Å². The fraction of sp³-hybridized carbons (Fsp3) is 0.300. The first-order valence-electron chi connectivity index (χ1n) is 8.31. The van der Waals surface area contributed by atoms with Gasteiger partial charge in [-0.05, 0) is 23.6 Å². The van der Waals surface area contributed by atoms with E-state index in [-0.39, 0.29) is 12.6 Å². The van der Waals surface area contributed by atoms with Crippen LogP contribution in [-0.2, 0) is 4.84 Å². The normalized spacial score (nSPS) is 18.6. The summed E-state index contributed by atoms with van der Waals surface area (Å²) in [5.74, 6) is 0. The summed E-state index contributed by atoms with van der Waals surface area (Å²) in [6.07, 6.45) is 0.672. The van der Waals surface area contributed by atoms with Gasteiger partial charge in [0, 0.05) is 12.0 Å². The standard InChI is InChI=1S/C20H22N2O2S/c1-14-5-3-4-6-19(14)15-7-9-16(10-8-15)20(25)22-12-17(21-24-2)11-18(22)13-23/h3-10,18,23H,11-13H2,1-2H3/b21-17-/t18-/m0/s1. The van der Waals surface area contributed by atoms with Crippen LogP contribution in [0.1, 0.15) is 17.5 Å². The molecule has 4 nitrogen and oxygen atoms in total. The molecule has 0 saturated carbocycles. The van der Waals surface area contributed by atoms with Crippen LogP contribution in [0.5, 0.6) is 0 Å². The molecule has 2 aromatic rings. The van der Waals surface area contributed by atoms with E-state index in [1.165, 1.54) is 23.8 Å². The van der Waals surface area contributed by atoms with Crippen LogP contribution in [0.4, 0.5) is 0 Å². The van der Waals surface area contributed by atoms with Crippen LogP contribution in [-0.4, -0.2) is 47.0 Å². The van der Waals surface area contributed by atoms with Gasteiger partial charge in [0.2, 0.25) is 0 Å². The van der Waals surface area contributed by atoms with Gasteiger partial charge in [-0.2, -0.15) is 0 Å². The third-order valence-corrected chi connectivity index (χ3v) is 5.02. The smallest absolute Gasteiger partial charge is 0.109 e. The Morgan fingerprint density at radius 3 is 2.60 bits per heavy atom. The highest BCUT2D eigenvalue weighted by molar-refractivity contribution is 7.80. The molecule has 25 heavy (non-hydrogen) atoms. The minimum atomic E-state index is -0.0440. The Hall–Kier alpha value is -2.24. The van der Waals surface area contributed by atoms with Crippen molar-refractivity contribution in [2.45, 2.75) is 19.4 Å². The number of likely N-dealkylation sites (tertiary alicyclic amines) is 1. The molecule has 1 N–H and O–H groups in total. The van der Waals surface area contributed by atoms with Crippen molar-refractivity contribution in [2.24, 2.45) is 5.16 Å². The fourth-order valence-electron chi connectivity index (χ4n) is 3.22. The van der Waals surface area contributed by atoms with E-state index in [0.29, 0.717) is 13.0 Å². The number of nitrogens with zero attached hydrogens (tertiary/aromatic N) is 2. The molecule has 1 fully saturated rings. The number of aliphatic hydroxyl groups excluding tert-OH is 1. The predicted octanol–water partition coefficient (Wildman–Crippen LogP) is 3.41. The van der Waals surface area contributed by atoms with Gasteiger partial charge >= 0.3 is 0 Å². The van der Waals surface area contributed by atoms with E-state index < -0.39 is 0 Å². The molecule has 5 heteroatoms. The van der Waals surface area contributed by atoms with Crippen molar-refractivity contribution >= 4 is 22.9 Å². The quantitative estimate of drug-likeness (QED) is 0.675. The number of hydrogen-bond donors (Lipinski definition) is 1. The molecule has 130 valence electrons. The SMILES string of the molecule is CO/N=C1/C[C@@H](CO)N(C(=S)c2ccc(-c3ccccc3C)cc2)C1. The Kier molecular flexibility index (Phi) is 5.46. The minimum Gasteiger partial charge on any atom is -0.399 e. The fourth-order valence-corrected chi connectivity index (χ4v) is 3.57. The van der Waals surface area contributed by atoms with Crippen LogP contribution in [0.3, 0.4) is 0 Å². The van der Waals surface area contributed by atoms with Crippen LogP contribution in [0.2, 0.25) is 0 Å². The van der Waals surface area contributed by atoms with Crippen molar-refractivity contribution in [3.63, 3.8) is 0 Å². The third kappa shape index (κ3) is 3.72. The number of rotatable bonds is 4. The van der Waals surface area contributed by atoms with Crippen molar-refractivity contribution in [2.75, 3.05) is 20.3 Å². The zero-order valence-corrected chi connectivity index (χ0v) is 15.3. The summed E-state index contributed by atoms with van der Waals surface area (Å²) in [5, 5.41) is 13.7. The second-order valence-corrected chi connectivity index (χ2v) is 6.59. The van der Waals surface area contributed by atoms with E-state index in [1.54, 1.807) is 0 Å². The molecular weight excluding hydrogens is 332 g/mol. The number of oxime groups is 1. The van der Waals surface area contributed by atoms with Crippen LogP contribution in [0.25, 0.3) is 11.1 Å². The van der Waals surface area contributed by atoms with E-state index in [2.05, 4.69) is 36.3 Å². The topological polar surface area (TPSA) is 45.1 Å². The van der Waals surface area contributed by atoms with Crippen LogP contribution in [0, 0.1) is 6.92 Å². The van der Waals surface area contributed by atoms with E-state index in [4.69, 9.17) is 17.1 Å². The van der Waals surface area contributed by atoms with Gasteiger partial charge in [0.25, 0.3) is 0 Å². The van der Waals surface area contributed by atoms with Crippen LogP contribution in [0.15, 0.2) is 53.7 Å². The van der Waals surface area contributed by atoms with E-state index in [1.807, 2.05) is 29.2 Å². The molecule has 1 aliphatic rings. The molecule has 0 aliphatic carbocycles. The summed E-state index contributed by atoms with van der Waals surface area (Å²) in [6, 6.07) is 16.6. The molecule has 1 atom stereocenters. The molecule has 0 bridgehead atoms. The average Bonchev–Trinajstić information content (AvgIpc) is 3.05. The zero-order valence-electron chi connectivity index (χ0n) is 14.5. The highest BCUT2D eigenvalue weighted by atomic mass is 32.1. The first-order chi connectivity index (χ1) is 12.1. The molecule has 0 amide bonds. The van der Waals surface area contributed by atoms with Crippen molar-refractivity contribution in [3.05, 3.63) is 59.7 Å². The first kappa shape index (κ1) is 17.6. The number of thiocarbonyl (C=S) groups is 1. The Bertz CT molecular complexity index is 787. The number of hydrogen-bond acceptors (Lipinski definition) is 4. The largest absolute Gasteiger partial charge is 0.399 e. The lowest BCUT2D eigenvalue weighted by Gasteiger charge is -2.25. The lowest BCUT2D eigenvalue weighted by Crippen LogP contribution is -2.37. The lowest BCUT2D eigenvalue weighted by atomic mass is 9.99. The summed E-state index contributed by atoms with van der Waals surface area (Å²) in [6.45, 7) is 2.75. The molecule has 0 spiro atoms. The van der Waals surface area contributed by atoms with Gasteiger partial charge in [-0.15, -0.1) is 0 Å². The summed E-state index contributed by atoms with van der Waals surface area (Å²) in [4.78, 5) is 7.62. The summed E-state index contributed by atoms with van der Waals surface area (Å²) < 4.78 is 0. The maximum atomic E-state index is 9.64. The van der Waals surface area contributed by atoms with Gasteiger partial charge in [-0.1, -0.05) is 65.9 Å². The second kappa shape index (κ2) is 7.76. The maximum Gasteiger partial charge on any atom is 0.109 e. The van der Waals surface area contributed by atoms with Crippen molar-refractivity contribution < 1.29 is 9.94 Å². The second-order valence-electron chi connectivity index (χ2n) is 6.21. The first-order valence-corrected chi connectivity index (χ1v) is 8.71. The maximum absolute atomic E-state index is 9.64. The molecular formula is C20H22N2O2S. The molecule has 1 aliphatic heterocycles. The summed E-state index contributed by atoms with van der Waals surface area (Å²) in [5.41, 5.74) is 5.53. The third-order valence-electron chi connectivity index (χ3n) is 4.54. The van der Waals surface area contributed by atoms with Gasteiger partial charge < -0.3 is 14.8 Å². The van der Waals surface area contributed by atoms with Crippen molar-refractivity contribution in [1.29, 1.82) is 0 Å². The Morgan fingerprint density at radius 2 is 1.96 bits per heavy atom. The average molecular weight is 354 g/mol. The summed E-state index contributed by atoms with van der Waals surface area (Å²) >= 11 is 5.67. The molecule has 1 heterocycles. The highest BCUT2D eigenvalue weighted by Crippen LogP contribution is 2.25. The van der Waals surface area contributed by atoms with Gasteiger partial charge in [0.1, 0.15) is 12.1 Å². The Labute approximate surface area is 153 Å². The number of benzene rings is 2. The van der Waals surface area contributed by atoms with E-state index >= 15 is 0 Å². The molecule has 3 rings (SSSR count). The molecule has 0 aromatic heterocycles. The zero-order chi connectivity index (χ0) is 17.8. The highest BCUT2D eigenvalue weighted by Gasteiger charge is 2.31. The minimum absolute atomic E-state index is 0.0440. The van der Waals surface area contributed by atoms with Gasteiger partial charge in [-0.25, -0.2) is 0 Å². The van der Waals surface area contributed by atoms with Gasteiger partial charge in [-0.3, -0.25) is 0 Å². The Morgan fingerprint density at radius 1 is 1.24 bits per heavy atom. The van der Waals surface area contributed by atoms with E-state index in [0.717, 1.165) is 16.3 Å². The van der Waals surface area contributed by atoms with Crippen LogP contribution < -0.4 is 0 Å². The molecule has 1 saturated heterocycles. The van der Waals surface area contributed by atoms with Crippen molar-refractivity contribution in [3.8, 4) is 11.1 Å². The van der Waals surface area contributed by atoms with Gasteiger partial charge in [0.05, 0.1) is 24.9 Å².